The number of hydrogen-bond donors (Lipinski definition) is 1. The highest BCUT2D eigenvalue weighted by Crippen LogP contribution is 2.31. The van der Waals surface area contributed by atoms with E-state index in [0.717, 1.165) is 37.5 Å². The fourth-order valence-corrected chi connectivity index (χ4v) is 4.06. The highest BCUT2D eigenvalue weighted by atomic mass is 16.7. The van der Waals surface area contributed by atoms with Gasteiger partial charge in [0.2, 0.25) is 0 Å². The lowest BCUT2D eigenvalue weighted by atomic mass is 9.99. The molecule has 0 aromatic heterocycles. The molecule has 1 spiro atoms. The standard InChI is InChI=1S/C20H29N3O3/c1-16-6-10-22(11-7-16)18-4-2-17(3-5-18)21-19(24)23-12-8-20(9-13-23)25-14-15-26-20/h2-5,16H,6-15H2,1H3,(H,21,24). The zero-order valence-corrected chi connectivity index (χ0v) is 15.6. The molecule has 0 bridgehead atoms. The minimum atomic E-state index is -0.440. The molecule has 3 aliphatic heterocycles. The molecule has 6 heteroatoms. The molecular formula is C20H29N3O3. The highest BCUT2D eigenvalue weighted by molar-refractivity contribution is 5.89. The van der Waals surface area contributed by atoms with Gasteiger partial charge in [-0.15, -0.1) is 0 Å². The quantitative estimate of drug-likeness (QED) is 0.880. The summed E-state index contributed by atoms with van der Waals surface area (Å²) in [5.74, 6) is 0.387. The number of urea groups is 1. The summed E-state index contributed by atoms with van der Waals surface area (Å²) in [7, 11) is 0. The lowest BCUT2D eigenvalue weighted by Crippen LogP contribution is -2.48. The summed E-state index contributed by atoms with van der Waals surface area (Å²) < 4.78 is 11.4. The Morgan fingerprint density at radius 3 is 2.27 bits per heavy atom. The second-order valence-electron chi connectivity index (χ2n) is 7.74. The first-order chi connectivity index (χ1) is 12.6. The number of carbonyl (C=O) groups is 1. The summed E-state index contributed by atoms with van der Waals surface area (Å²) in [6, 6.07) is 8.17. The van der Waals surface area contributed by atoms with Crippen molar-refractivity contribution >= 4 is 17.4 Å². The van der Waals surface area contributed by atoms with Crippen LogP contribution < -0.4 is 10.2 Å². The summed E-state index contributed by atoms with van der Waals surface area (Å²) in [4.78, 5) is 16.8. The molecule has 6 nitrogen and oxygen atoms in total. The molecule has 3 saturated heterocycles. The van der Waals surface area contributed by atoms with Gasteiger partial charge in [0.15, 0.2) is 5.79 Å². The highest BCUT2D eigenvalue weighted by Gasteiger charge is 2.40. The topological polar surface area (TPSA) is 54.0 Å². The summed E-state index contributed by atoms with van der Waals surface area (Å²) in [6.45, 7) is 7.21. The summed E-state index contributed by atoms with van der Waals surface area (Å²) in [5.41, 5.74) is 2.09. The number of rotatable bonds is 2. The summed E-state index contributed by atoms with van der Waals surface area (Å²) in [5, 5.41) is 3.01. The minimum Gasteiger partial charge on any atom is -0.372 e. The normalized spacial score (nSPS) is 23.4. The third kappa shape index (κ3) is 3.81. The average Bonchev–Trinajstić information content (AvgIpc) is 3.11. The predicted octanol–water partition coefficient (Wildman–Crippen LogP) is 3.29. The molecule has 1 aromatic carbocycles. The summed E-state index contributed by atoms with van der Waals surface area (Å²) in [6.07, 6.45) is 3.99. The van der Waals surface area contributed by atoms with Crippen LogP contribution in [0.3, 0.4) is 0 Å². The lowest BCUT2D eigenvalue weighted by Gasteiger charge is -2.37. The molecule has 3 aliphatic rings. The Kier molecular flexibility index (Phi) is 5.05. The molecule has 0 atom stereocenters. The number of nitrogens with zero attached hydrogens (tertiary/aromatic N) is 2. The fourth-order valence-electron chi connectivity index (χ4n) is 4.06. The van der Waals surface area contributed by atoms with E-state index >= 15 is 0 Å². The SMILES string of the molecule is CC1CCN(c2ccc(NC(=O)N3CCC4(CC3)OCCO4)cc2)CC1. The van der Waals surface area contributed by atoms with Crippen LogP contribution in [-0.2, 0) is 9.47 Å². The van der Waals surface area contributed by atoms with Crippen LogP contribution in [0.1, 0.15) is 32.6 Å². The second-order valence-corrected chi connectivity index (χ2v) is 7.74. The number of carbonyl (C=O) groups excluding carboxylic acids is 1. The maximum atomic E-state index is 12.5. The number of nitrogens with one attached hydrogen (secondary N) is 1. The third-order valence-corrected chi connectivity index (χ3v) is 5.89. The van der Waals surface area contributed by atoms with Crippen LogP contribution in [0.2, 0.25) is 0 Å². The van der Waals surface area contributed by atoms with Gasteiger partial charge in [-0.25, -0.2) is 4.79 Å². The molecule has 0 aliphatic carbocycles. The molecule has 3 fully saturated rings. The molecular weight excluding hydrogens is 330 g/mol. The van der Waals surface area contributed by atoms with E-state index in [0.29, 0.717) is 26.3 Å². The van der Waals surface area contributed by atoms with Gasteiger partial charge in [0, 0.05) is 50.4 Å². The number of likely N-dealkylation sites (tertiary alicyclic amines) is 1. The Labute approximate surface area is 155 Å². The first-order valence-corrected chi connectivity index (χ1v) is 9.82. The lowest BCUT2D eigenvalue weighted by molar-refractivity contribution is -0.181. The molecule has 0 unspecified atom stereocenters. The van der Waals surface area contributed by atoms with Crippen molar-refractivity contribution in [3.8, 4) is 0 Å². The van der Waals surface area contributed by atoms with E-state index in [4.69, 9.17) is 9.47 Å². The van der Waals surface area contributed by atoms with Crippen molar-refractivity contribution in [1.82, 2.24) is 4.90 Å². The third-order valence-electron chi connectivity index (χ3n) is 5.89. The van der Waals surface area contributed by atoms with Crippen LogP contribution in [0, 0.1) is 5.92 Å². The van der Waals surface area contributed by atoms with Crippen LogP contribution in [0.5, 0.6) is 0 Å². The van der Waals surface area contributed by atoms with Gasteiger partial charge < -0.3 is 24.6 Å². The van der Waals surface area contributed by atoms with Gasteiger partial charge in [-0.2, -0.15) is 0 Å². The molecule has 4 rings (SSSR count). The summed E-state index contributed by atoms with van der Waals surface area (Å²) >= 11 is 0. The van der Waals surface area contributed by atoms with Crippen LogP contribution in [-0.4, -0.2) is 56.1 Å². The van der Waals surface area contributed by atoms with E-state index in [-0.39, 0.29) is 6.03 Å². The number of ether oxygens (including phenoxy) is 2. The molecule has 1 N–H and O–H groups in total. The largest absolute Gasteiger partial charge is 0.372 e. The number of anilines is 2. The molecule has 142 valence electrons. The fraction of sp³-hybridized carbons (Fsp3) is 0.650. The van der Waals surface area contributed by atoms with Crippen LogP contribution in [0.25, 0.3) is 0 Å². The average molecular weight is 359 g/mol. The van der Waals surface area contributed by atoms with Crippen molar-refractivity contribution in [3.63, 3.8) is 0 Å². The first kappa shape index (κ1) is 17.6. The van der Waals surface area contributed by atoms with E-state index in [1.54, 1.807) is 0 Å². The number of hydrogen-bond acceptors (Lipinski definition) is 4. The minimum absolute atomic E-state index is 0.0441. The van der Waals surface area contributed by atoms with Gasteiger partial charge in [0.25, 0.3) is 0 Å². The van der Waals surface area contributed by atoms with Gasteiger partial charge in [-0.1, -0.05) is 6.92 Å². The van der Waals surface area contributed by atoms with Gasteiger partial charge >= 0.3 is 6.03 Å². The zero-order chi connectivity index (χ0) is 18.0. The number of piperidine rings is 2. The van der Waals surface area contributed by atoms with Crippen molar-refractivity contribution in [3.05, 3.63) is 24.3 Å². The molecule has 1 aromatic rings. The first-order valence-electron chi connectivity index (χ1n) is 9.82. The van der Waals surface area contributed by atoms with Crippen LogP contribution >= 0.6 is 0 Å². The smallest absolute Gasteiger partial charge is 0.321 e. The van der Waals surface area contributed by atoms with Crippen molar-refractivity contribution in [2.45, 2.75) is 38.4 Å². The Hall–Kier alpha value is -1.79. The molecule has 26 heavy (non-hydrogen) atoms. The molecule has 0 saturated carbocycles. The van der Waals surface area contributed by atoms with Crippen molar-refractivity contribution in [2.24, 2.45) is 5.92 Å². The number of benzene rings is 1. The van der Waals surface area contributed by atoms with Crippen molar-refractivity contribution < 1.29 is 14.3 Å². The van der Waals surface area contributed by atoms with Gasteiger partial charge in [-0.3, -0.25) is 0 Å². The molecule has 0 radical (unpaired) electrons. The van der Waals surface area contributed by atoms with Crippen molar-refractivity contribution in [2.75, 3.05) is 49.6 Å². The monoisotopic (exact) mass is 359 g/mol. The molecule has 2 amide bonds. The van der Waals surface area contributed by atoms with E-state index in [1.807, 2.05) is 17.0 Å². The Morgan fingerprint density at radius 1 is 1.04 bits per heavy atom. The Bertz CT molecular complexity index is 610. The van der Waals surface area contributed by atoms with E-state index < -0.39 is 5.79 Å². The maximum absolute atomic E-state index is 12.5. The predicted molar refractivity (Wildman–Crippen MR) is 102 cm³/mol. The maximum Gasteiger partial charge on any atom is 0.321 e. The van der Waals surface area contributed by atoms with Crippen LogP contribution in [0.15, 0.2) is 24.3 Å². The Balaban J connectivity index is 1.29. The number of amides is 2. The zero-order valence-electron chi connectivity index (χ0n) is 15.6. The van der Waals surface area contributed by atoms with Crippen LogP contribution in [0.4, 0.5) is 16.2 Å². The van der Waals surface area contributed by atoms with Gasteiger partial charge in [-0.05, 0) is 43.0 Å². The molecule has 3 heterocycles. The van der Waals surface area contributed by atoms with E-state index in [2.05, 4.69) is 29.3 Å². The van der Waals surface area contributed by atoms with E-state index in [1.165, 1.54) is 18.5 Å². The van der Waals surface area contributed by atoms with Crippen molar-refractivity contribution in [1.29, 1.82) is 0 Å². The van der Waals surface area contributed by atoms with Gasteiger partial charge in [0.1, 0.15) is 0 Å². The van der Waals surface area contributed by atoms with E-state index in [9.17, 15) is 4.79 Å². The Morgan fingerprint density at radius 2 is 1.65 bits per heavy atom. The second kappa shape index (κ2) is 7.45. The van der Waals surface area contributed by atoms with Gasteiger partial charge in [0.05, 0.1) is 13.2 Å².